The topological polar surface area (TPSA) is 58.6 Å². The van der Waals surface area contributed by atoms with E-state index in [1.807, 2.05) is 4.90 Å². The maximum Gasteiger partial charge on any atom is 0.251 e. The summed E-state index contributed by atoms with van der Waals surface area (Å²) in [5.74, 6) is 0.177. The molecule has 1 aliphatic carbocycles. The number of carbonyl (C=O) groups excluding carboxylic acids is 2. The van der Waals surface area contributed by atoms with Crippen molar-refractivity contribution in [2.75, 3.05) is 20.2 Å². The quantitative estimate of drug-likeness (QED) is 0.817. The molecule has 0 bridgehead atoms. The Balaban J connectivity index is 1.50. The maximum atomic E-state index is 13.4. The molecule has 1 aliphatic heterocycles. The number of hydrogen-bond acceptors (Lipinski definition) is 3. The zero-order valence-electron chi connectivity index (χ0n) is 17.1. The second-order valence-electron chi connectivity index (χ2n) is 8.17. The average Bonchev–Trinajstić information content (AvgIpc) is 3.44. The van der Waals surface area contributed by atoms with Gasteiger partial charge in [0, 0.05) is 30.6 Å². The summed E-state index contributed by atoms with van der Waals surface area (Å²) < 4.78 is 18.6. The molecule has 2 amide bonds. The molecule has 6 heteroatoms. The molecule has 4 rings (SSSR count). The van der Waals surface area contributed by atoms with Crippen molar-refractivity contribution >= 4 is 11.8 Å². The average molecular weight is 410 g/mol. The SMILES string of the molecule is COc1ccc(C(=O)N[C@@H]2C[C@H](C(=O)N3CCCC3)[C@@H](c3ccc(F)cc3)C2)cc1. The van der Waals surface area contributed by atoms with Crippen molar-refractivity contribution in [2.24, 2.45) is 5.92 Å². The summed E-state index contributed by atoms with van der Waals surface area (Å²) >= 11 is 0. The number of nitrogens with zero attached hydrogens (tertiary/aromatic N) is 1. The van der Waals surface area contributed by atoms with Crippen molar-refractivity contribution in [3.63, 3.8) is 0 Å². The first-order valence-electron chi connectivity index (χ1n) is 10.5. The molecule has 1 saturated carbocycles. The lowest BCUT2D eigenvalue weighted by Gasteiger charge is -2.24. The summed E-state index contributed by atoms with van der Waals surface area (Å²) in [7, 11) is 1.58. The molecule has 1 N–H and O–H groups in total. The minimum absolute atomic E-state index is 0.0279. The fraction of sp³-hybridized carbons (Fsp3) is 0.417. The molecule has 2 aromatic rings. The predicted octanol–water partition coefficient (Wildman–Crippen LogP) is 3.75. The van der Waals surface area contributed by atoms with Crippen LogP contribution >= 0.6 is 0 Å². The lowest BCUT2D eigenvalue weighted by atomic mass is 9.88. The van der Waals surface area contributed by atoms with Gasteiger partial charge in [0.2, 0.25) is 5.91 Å². The number of ether oxygens (including phenoxy) is 1. The van der Waals surface area contributed by atoms with Crippen LogP contribution in [0.3, 0.4) is 0 Å². The predicted molar refractivity (Wildman–Crippen MR) is 112 cm³/mol. The van der Waals surface area contributed by atoms with E-state index in [0.29, 0.717) is 24.2 Å². The van der Waals surface area contributed by atoms with Crippen LogP contribution in [0.5, 0.6) is 5.75 Å². The highest BCUT2D eigenvalue weighted by molar-refractivity contribution is 5.94. The number of likely N-dealkylation sites (tertiary alicyclic amines) is 1. The van der Waals surface area contributed by atoms with Crippen molar-refractivity contribution in [3.8, 4) is 5.75 Å². The fourth-order valence-electron chi connectivity index (χ4n) is 4.69. The van der Waals surface area contributed by atoms with E-state index >= 15 is 0 Å². The van der Waals surface area contributed by atoms with Gasteiger partial charge < -0.3 is 15.0 Å². The van der Waals surface area contributed by atoms with Gasteiger partial charge in [0.25, 0.3) is 5.91 Å². The molecule has 2 aromatic carbocycles. The van der Waals surface area contributed by atoms with Crippen LogP contribution in [0.2, 0.25) is 0 Å². The molecule has 2 aliphatic rings. The standard InChI is InChI=1S/C24H27FN2O3/c1-30-20-10-6-17(7-11-20)23(28)26-19-14-21(16-4-8-18(25)9-5-16)22(15-19)24(29)27-12-2-3-13-27/h4-11,19,21-22H,2-3,12-15H2,1H3,(H,26,28)/t19-,21+,22-/m0/s1. The van der Waals surface area contributed by atoms with E-state index in [1.54, 1.807) is 43.5 Å². The molecule has 1 saturated heterocycles. The van der Waals surface area contributed by atoms with E-state index in [1.165, 1.54) is 12.1 Å². The van der Waals surface area contributed by atoms with Gasteiger partial charge in [0.05, 0.1) is 7.11 Å². The van der Waals surface area contributed by atoms with Gasteiger partial charge in [-0.3, -0.25) is 9.59 Å². The fourth-order valence-corrected chi connectivity index (χ4v) is 4.69. The van der Waals surface area contributed by atoms with Crippen LogP contribution in [0.25, 0.3) is 0 Å². The van der Waals surface area contributed by atoms with Gasteiger partial charge in [-0.2, -0.15) is 0 Å². The zero-order valence-corrected chi connectivity index (χ0v) is 17.1. The maximum absolute atomic E-state index is 13.4. The Morgan fingerprint density at radius 2 is 1.67 bits per heavy atom. The highest BCUT2D eigenvalue weighted by Gasteiger charge is 2.42. The molecule has 0 aromatic heterocycles. The summed E-state index contributed by atoms with van der Waals surface area (Å²) in [6.45, 7) is 1.60. The van der Waals surface area contributed by atoms with Crippen molar-refractivity contribution in [1.82, 2.24) is 10.2 Å². The Hall–Kier alpha value is -2.89. The Kier molecular flexibility index (Phi) is 6.02. The summed E-state index contributed by atoms with van der Waals surface area (Å²) in [6, 6.07) is 13.3. The summed E-state index contributed by atoms with van der Waals surface area (Å²) in [5, 5.41) is 3.09. The third-order valence-corrected chi connectivity index (χ3v) is 6.28. The smallest absolute Gasteiger partial charge is 0.251 e. The van der Waals surface area contributed by atoms with Crippen LogP contribution in [-0.4, -0.2) is 43.0 Å². The lowest BCUT2D eigenvalue weighted by Crippen LogP contribution is -2.36. The molecule has 0 spiro atoms. The van der Waals surface area contributed by atoms with Crippen molar-refractivity contribution in [1.29, 1.82) is 0 Å². The van der Waals surface area contributed by atoms with E-state index < -0.39 is 0 Å². The molecule has 3 atom stereocenters. The number of halogens is 1. The number of rotatable bonds is 5. The first-order valence-corrected chi connectivity index (χ1v) is 10.5. The second kappa shape index (κ2) is 8.86. The molecule has 2 fully saturated rings. The van der Waals surface area contributed by atoms with E-state index in [9.17, 15) is 14.0 Å². The molecule has 5 nitrogen and oxygen atoms in total. The minimum Gasteiger partial charge on any atom is -0.497 e. The van der Waals surface area contributed by atoms with Crippen LogP contribution in [0.15, 0.2) is 48.5 Å². The summed E-state index contributed by atoms with van der Waals surface area (Å²) in [4.78, 5) is 27.9. The molecular formula is C24H27FN2O3. The molecule has 30 heavy (non-hydrogen) atoms. The number of methoxy groups -OCH3 is 1. The largest absolute Gasteiger partial charge is 0.497 e. The van der Waals surface area contributed by atoms with E-state index in [2.05, 4.69) is 5.32 Å². The molecule has 0 radical (unpaired) electrons. The number of amides is 2. The van der Waals surface area contributed by atoms with Gasteiger partial charge >= 0.3 is 0 Å². The molecule has 0 unspecified atom stereocenters. The van der Waals surface area contributed by atoms with Crippen molar-refractivity contribution in [2.45, 2.75) is 37.6 Å². The van der Waals surface area contributed by atoms with Crippen LogP contribution in [0.4, 0.5) is 4.39 Å². The van der Waals surface area contributed by atoms with Crippen LogP contribution < -0.4 is 10.1 Å². The van der Waals surface area contributed by atoms with Gasteiger partial charge in [-0.25, -0.2) is 4.39 Å². The van der Waals surface area contributed by atoms with E-state index in [4.69, 9.17) is 4.74 Å². The highest BCUT2D eigenvalue weighted by Crippen LogP contribution is 2.41. The summed E-state index contributed by atoms with van der Waals surface area (Å²) in [6.07, 6.45) is 3.34. The van der Waals surface area contributed by atoms with Gasteiger partial charge in [-0.05, 0) is 73.6 Å². The number of benzene rings is 2. The van der Waals surface area contributed by atoms with Gasteiger partial charge in [-0.15, -0.1) is 0 Å². The van der Waals surface area contributed by atoms with Crippen LogP contribution in [-0.2, 0) is 4.79 Å². The zero-order chi connectivity index (χ0) is 21.1. The highest BCUT2D eigenvalue weighted by atomic mass is 19.1. The Bertz CT molecular complexity index is 892. The van der Waals surface area contributed by atoms with E-state index in [-0.39, 0.29) is 35.5 Å². The van der Waals surface area contributed by atoms with Crippen LogP contribution in [0, 0.1) is 11.7 Å². The first-order chi connectivity index (χ1) is 14.5. The monoisotopic (exact) mass is 410 g/mol. The van der Waals surface area contributed by atoms with Crippen molar-refractivity contribution in [3.05, 3.63) is 65.5 Å². The number of hydrogen-bond donors (Lipinski definition) is 1. The number of nitrogens with one attached hydrogen (secondary N) is 1. The van der Waals surface area contributed by atoms with Crippen molar-refractivity contribution < 1.29 is 18.7 Å². The van der Waals surface area contributed by atoms with E-state index in [0.717, 1.165) is 31.5 Å². The van der Waals surface area contributed by atoms with Gasteiger partial charge in [0.15, 0.2) is 0 Å². The van der Waals surface area contributed by atoms with Crippen LogP contribution in [0.1, 0.15) is 47.5 Å². The first kappa shape index (κ1) is 20.4. The normalized spacial score (nSPS) is 23.4. The van der Waals surface area contributed by atoms with Gasteiger partial charge in [0.1, 0.15) is 11.6 Å². The Morgan fingerprint density at radius 3 is 2.30 bits per heavy atom. The molecule has 158 valence electrons. The minimum atomic E-state index is -0.288. The Morgan fingerprint density at radius 1 is 1.00 bits per heavy atom. The molecule has 1 heterocycles. The number of carbonyl (C=O) groups is 2. The third kappa shape index (κ3) is 4.32. The Labute approximate surface area is 176 Å². The second-order valence-corrected chi connectivity index (χ2v) is 8.17. The summed E-state index contributed by atoms with van der Waals surface area (Å²) in [5.41, 5.74) is 1.51. The lowest BCUT2D eigenvalue weighted by molar-refractivity contribution is -0.134. The molecular weight excluding hydrogens is 383 g/mol. The van der Waals surface area contributed by atoms with Gasteiger partial charge in [-0.1, -0.05) is 12.1 Å². The third-order valence-electron chi connectivity index (χ3n) is 6.28.